The summed E-state index contributed by atoms with van der Waals surface area (Å²) < 4.78 is 3.84. The SMILES string of the molecule is Cc1nc(N2CC3CCC(C2)C3C(=O)O)ccc1-n1nc(-c2cccc3nn(CC(O)c4ccccc4)cc23)c(C(C)C)c1C. The van der Waals surface area contributed by atoms with Crippen molar-refractivity contribution >= 4 is 22.7 Å². The Kier molecular flexibility index (Phi) is 7.44. The number of anilines is 1. The summed E-state index contributed by atoms with van der Waals surface area (Å²) in [4.78, 5) is 19.1. The van der Waals surface area contributed by atoms with Crippen LogP contribution in [0.5, 0.6) is 0 Å². The molecular formula is C36H40N6O3. The molecule has 1 aliphatic carbocycles. The van der Waals surface area contributed by atoms with Crippen LogP contribution in [0.3, 0.4) is 0 Å². The van der Waals surface area contributed by atoms with Gasteiger partial charge >= 0.3 is 5.97 Å². The molecule has 5 aromatic rings. The zero-order valence-electron chi connectivity index (χ0n) is 26.3. The molecule has 0 radical (unpaired) electrons. The Morgan fingerprint density at radius 1 is 0.956 bits per heavy atom. The van der Waals surface area contributed by atoms with Crippen molar-refractivity contribution in [2.24, 2.45) is 17.8 Å². The van der Waals surface area contributed by atoms with Gasteiger partial charge in [0.05, 0.1) is 41.2 Å². The van der Waals surface area contributed by atoms with Crippen molar-refractivity contribution in [2.45, 2.75) is 59.1 Å². The first kappa shape index (κ1) is 29.2. The summed E-state index contributed by atoms with van der Waals surface area (Å²) >= 11 is 0. The summed E-state index contributed by atoms with van der Waals surface area (Å²) in [5.41, 5.74) is 7.72. The van der Waals surface area contributed by atoms with Crippen LogP contribution in [0.1, 0.15) is 61.2 Å². The number of aryl methyl sites for hydroxylation is 1. The molecule has 45 heavy (non-hydrogen) atoms. The minimum atomic E-state index is -0.659. The number of hydrogen-bond acceptors (Lipinski definition) is 6. The highest BCUT2D eigenvalue weighted by Gasteiger charge is 2.46. The molecule has 0 amide bonds. The third-order valence-corrected chi connectivity index (χ3v) is 9.85. The Bertz CT molecular complexity index is 1860. The van der Waals surface area contributed by atoms with Gasteiger partial charge in [-0.2, -0.15) is 10.2 Å². The largest absolute Gasteiger partial charge is 0.481 e. The lowest BCUT2D eigenvalue weighted by atomic mass is 9.85. The lowest BCUT2D eigenvalue weighted by Crippen LogP contribution is -2.45. The monoisotopic (exact) mass is 604 g/mol. The van der Waals surface area contributed by atoms with Crippen molar-refractivity contribution in [3.05, 3.63) is 89.4 Å². The molecule has 2 N–H and O–H groups in total. The number of fused-ring (bicyclic) bond motifs is 3. The van der Waals surface area contributed by atoms with Crippen LogP contribution in [-0.4, -0.2) is 53.8 Å². The number of rotatable bonds is 8. The number of carboxylic acid groups (broad SMARTS) is 1. The first-order valence-electron chi connectivity index (χ1n) is 15.9. The minimum absolute atomic E-state index is 0.182. The molecule has 2 aromatic carbocycles. The number of hydrogen-bond donors (Lipinski definition) is 2. The number of pyridine rings is 1. The van der Waals surface area contributed by atoms with Gasteiger partial charge in [-0.15, -0.1) is 0 Å². The molecule has 1 aliphatic heterocycles. The van der Waals surface area contributed by atoms with Gasteiger partial charge in [0.2, 0.25) is 0 Å². The number of aliphatic hydroxyl groups is 1. The van der Waals surface area contributed by atoms with E-state index in [9.17, 15) is 15.0 Å². The predicted molar refractivity (Wildman–Crippen MR) is 175 cm³/mol. The highest BCUT2D eigenvalue weighted by Crippen LogP contribution is 2.43. The van der Waals surface area contributed by atoms with Crippen LogP contribution in [0.2, 0.25) is 0 Å². The standard InChI is InChI=1S/C36H40N6O3/c1-21(2)33-23(4)42(30-15-16-32(37-22(30)3)40-17-25-13-14-26(18-40)34(25)36(44)45)39-35(33)27-11-8-12-29-28(27)19-41(38-29)20-31(43)24-9-6-5-7-10-24/h5-12,15-16,19,21,25-26,31,34,43H,13-14,17-18,20H2,1-4H3,(H,44,45). The molecule has 9 heteroatoms. The Morgan fingerprint density at radius 3 is 2.36 bits per heavy atom. The van der Waals surface area contributed by atoms with Gasteiger partial charge in [-0.05, 0) is 68.2 Å². The van der Waals surface area contributed by atoms with E-state index in [-0.39, 0.29) is 23.7 Å². The van der Waals surface area contributed by atoms with E-state index in [2.05, 4.69) is 43.9 Å². The number of nitrogens with zero attached hydrogens (tertiary/aromatic N) is 6. The zero-order valence-corrected chi connectivity index (χ0v) is 26.3. The van der Waals surface area contributed by atoms with Crippen LogP contribution in [0.15, 0.2) is 66.9 Å². The highest BCUT2D eigenvalue weighted by molar-refractivity contribution is 5.94. The maximum absolute atomic E-state index is 11.8. The van der Waals surface area contributed by atoms with Gasteiger partial charge in [0.1, 0.15) is 5.82 Å². The maximum atomic E-state index is 11.8. The van der Waals surface area contributed by atoms with Crippen molar-refractivity contribution in [3.8, 4) is 16.9 Å². The third kappa shape index (κ3) is 5.19. The van der Waals surface area contributed by atoms with E-state index in [0.717, 1.165) is 76.5 Å². The molecule has 9 nitrogen and oxygen atoms in total. The van der Waals surface area contributed by atoms with E-state index in [1.54, 1.807) is 0 Å². The van der Waals surface area contributed by atoms with E-state index >= 15 is 0 Å². The molecule has 2 bridgehead atoms. The van der Waals surface area contributed by atoms with Gasteiger partial charge < -0.3 is 15.1 Å². The maximum Gasteiger partial charge on any atom is 0.307 e. The number of carboxylic acids is 1. The summed E-state index contributed by atoms with van der Waals surface area (Å²) in [7, 11) is 0. The molecule has 232 valence electrons. The second-order valence-electron chi connectivity index (χ2n) is 13.1. The van der Waals surface area contributed by atoms with Gasteiger partial charge in [-0.25, -0.2) is 9.67 Å². The average Bonchev–Trinajstić information content (AvgIpc) is 3.68. The summed E-state index contributed by atoms with van der Waals surface area (Å²) in [6, 6.07) is 19.9. The Labute approximate surface area is 263 Å². The normalized spacial score (nSPS) is 20.3. The van der Waals surface area contributed by atoms with Crippen LogP contribution in [0.4, 0.5) is 5.82 Å². The van der Waals surface area contributed by atoms with Gasteiger partial charge in [0.15, 0.2) is 0 Å². The van der Waals surface area contributed by atoms with E-state index < -0.39 is 12.1 Å². The van der Waals surface area contributed by atoms with E-state index in [1.165, 1.54) is 5.56 Å². The minimum Gasteiger partial charge on any atom is -0.481 e. The second kappa shape index (κ2) is 11.5. The Morgan fingerprint density at radius 2 is 1.69 bits per heavy atom. The lowest BCUT2D eigenvalue weighted by Gasteiger charge is -2.36. The van der Waals surface area contributed by atoms with Crippen molar-refractivity contribution in [3.63, 3.8) is 0 Å². The summed E-state index contributed by atoms with van der Waals surface area (Å²) in [6.07, 6.45) is 3.30. The molecule has 1 saturated carbocycles. The predicted octanol–water partition coefficient (Wildman–Crippen LogP) is 6.30. The molecule has 3 unspecified atom stereocenters. The smallest absolute Gasteiger partial charge is 0.307 e. The fourth-order valence-corrected chi connectivity index (χ4v) is 7.74. The lowest BCUT2D eigenvalue weighted by molar-refractivity contribution is -0.144. The van der Waals surface area contributed by atoms with Crippen LogP contribution >= 0.6 is 0 Å². The number of piperidine rings is 1. The molecule has 4 heterocycles. The van der Waals surface area contributed by atoms with Crippen molar-refractivity contribution in [1.82, 2.24) is 24.5 Å². The number of benzene rings is 2. The Hall–Kier alpha value is -4.50. The molecule has 7 rings (SSSR count). The third-order valence-electron chi connectivity index (χ3n) is 9.85. The number of carbonyl (C=O) groups is 1. The first-order valence-corrected chi connectivity index (χ1v) is 15.9. The number of aliphatic carboxylic acids is 1. The fourth-order valence-electron chi connectivity index (χ4n) is 7.74. The van der Waals surface area contributed by atoms with Crippen molar-refractivity contribution in [1.29, 1.82) is 0 Å². The second-order valence-corrected chi connectivity index (χ2v) is 13.1. The molecule has 3 atom stereocenters. The topological polar surface area (TPSA) is 109 Å². The summed E-state index contributed by atoms with van der Waals surface area (Å²) in [5.74, 6) is 0.619. The van der Waals surface area contributed by atoms with Crippen LogP contribution in [-0.2, 0) is 11.3 Å². The average molecular weight is 605 g/mol. The van der Waals surface area contributed by atoms with Crippen LogP contribution < -0.4 is 4.90 Å². The molecule has 2 fully saturated rings. The zero-order chi connectivity index (χ0) is 31.4. The van der Waals surface area contributed by atoms with E-state index in [4.69, 9.17) is 15.2 Å². The van der Waals surface area contributed by atoms with Crippen LogP contribution in [0.25, 0.3) is 27.8 Å². The van der Waals surface area contributed by atoms with Crippen molar-refractivity contribution < 1.29 is 15.0 Å². The molecule has 0 spiro atoms. The van der Waals surface area contributed by atoms with Gasteiger partial charge in [-0.1, -0.05) is 56.3 Å². The fraction of sp³-hybridized carbons (Fsp3) is 0.389. The van der Waals surface area contributed by atoms with Crippen molar-refractivity contribution in [2.75, 3.05) is 18.0 Å². The van der Waals surface area contributed by atoms with Gasteiger partial charge in [0, 0.05) is 41.5 Å². The van der Waals surface area contributed by atoms with Crippen LogP contribution in [0, 0.1) is 31.6 Å². The van der Waals surface area contributed by atoms with E-state index in [1.807, 2.05) is 64.9 Å². The summed E-state index contributed by atoms with van der Waals surface area (Å²) in [5, 5.41) is 31.6. The number of aliphatic hydroxyl groups excluding tert-OH is 1. The molecular weight excluding hydrogens is 564 g/mol. The quantitative estimate of drug-likeness (QED) is 0.214. The number of aromatic nitrogens is 5. The summed E-state index contributed by atoms with van der Waals surface area (Å²) in [6.45, 7) is 10.4. The molecule has 2 aliphatic rings. The van der Waals surface area contributed by atoms with Gasteiger partial charge in [0.25, 0.3) is 0 Å². The molecule has 1 saturated heterocycles. The van der Waals surface area contributed by atoms with E-state index in [0.29, 0.717) is 6.54 Å². The molecule has 3 aromatic heterocycles. The van der Waals surface area contributed by atoms with Gasteiger partial charge in [-0.3, -0.25) is 9.48 Å². The Balaban J connectivity index is 1.22. The first-order chi connectivity index (χ1) is 21.7. The highest BCUT2D eigenvalue weighted by atomic mass is 16.4.